The van der Waals surface area contributed by atoms with Gasteiger partial charge in [0.05, 0.1) is 31.0 Å². The Hall–Kier alpha value is -5.61. The molecule has 20 heteroatoms. The Morgan fingerprint density at radius 1 is 0.863 bits per heavy atom. The fourth-order valence-electron chi connectivity index (χ4n) is 9.48. The maximum absolute atomic E-state index is 15.0. The molecule has 7 amide bonds. The largest absolute Gasteiger partial charge is 0.540 e. The molecule has 0 bridgehead atoms. The molecule has 0 radical (unpaired) electrons. The molecule has 2 aromatic carbocycles. The van der Waals surface area contributed by atoms with Gasteiger partial charge in [-0.05, 0) is 102 Å². The summed E-state index contributed by atoms with van der Waals surface area (Å²) < 4.78 is 30.6. The quantitative estimate of drug-likeness (QED) is 0.0311. The number of ether oxygens (including phenoxy) is 3. The fourth-order valence-corrected chi connectivity index (χ4v) is 15.8. The number of primary amides is 1. The number of amides is 7. The second-order valence-corrected chi connectivity index (χ2v) is 32.7. The fraction of sp³-hybridized carbons (Fsp3) is 0.623. The molecular formula is C53H85N7O11Si2. The Morgan fingerprint density at radius 2 is 1.49 bits per heavy atom. The van der Waals surface area contributed by atoms with Gasteiger partial charge in [0.1, 0.15) is 31.0 Å². The van der Waals surface area contributed by atoms with Gasteiger partial charge in [-0.3, -0.25) is 19.7 Å². The van der Waals surface area contributed by atoms with Crippen molar-refractivity contribution in [2.45, 2.75) is 168 Å². The van der Waals surface area contributed by atoms with Crippen molar-refractivity contribution < 1.29 is 51.8 Å². The molecule has 1 saturated carbocycles. The second-order valence-electron chi connectivity index (χ2n) is 22.5. The minimum Gasteiger partial charge on any atom is -0.540 e. The minimum absolute atomic E-state index is 0.00267. The van der Waals surface area contributed by atoms with Gasteiger partial charge in [-0.1, -0.05) is 101 Å². The molecule has 0 unspecified atom stereocenters. The van der Waals surface area contributed by atoms with E-state index in [9.17, 15) is 28.8 Å². The number of methoxy groups -OCH3 is 1. The molecule has 2 aromatic rings. The third-order valence-corrected chi connectivity index (χ3v) is 25.3. The summed E-state index contributed by atoms with van der Waals surface area (Å²) in [5.74, 6) is -0.917. The average molecular weight is 1050 g/mol. The maximum atomic E-state index is 15.0. The van der Waals surface area contributed by atoms with Gasteiger partial charge in [0.15, 0.2) is 14.1 Å². The molecule has 1 heterocycles. The summed E-state index contributed by atoms with van der Waals surface area (Å²) in [5, 5.41) is 13.4. The summed E-state index contributed by atoms with van der Waals surface area (Å²) in [6.07, 6.45) is 3.15. The first-order chi connectivity index (χ1) is 34.1. The third kappa shape index (κ3) is 15.9. The monoisotopic (exact) mass is 1050 g/mol. The average Bonchev–Trinajstić information content (AvgIpc) is 3.97. The highest BCUT2D eigenvalue weighted by atomic mass is 28.4. The zero-order valence-corrected chi connectivity index (χ0v) is 47.9. The number of carbonyl (C=O) groups is 6. The van der Waals surface area contributed by atoms with Crippen LogP contribution in [-0.2, 0) is 30.1 Å². The van der Waals surface area contributed by atoms with Crippen molar-refractivity contribution >= 4 is 63.9 Å². The van der Waals surface area contributed by atoms with Crippen molar-refractivity contribution in [3.8, 4) is 11.5 Å². The Kier molecular flexibility index (Phi) is 21.0. The van der Waals surface area contributed by atoms with Crippen LogP contribution in [0.5, 0.6) is 11.5 Å². The first-order valence-corrected chi connectivity index (χ1v) is 30.7. The number of likely N-dealkylation sites (tertiary alicyclic amines) is 1. The number of hydrogen-bond acceptors (Lipinski definition) is 11. The Labute approximate surface area is 435 Å². The summed E-state index contributed by atoms with van der Waals surface area (Å²) in [7, 11) is -3.13. The van der Waals surface area contributed by atoms with Gasteiger partial charge < -0.3 is 55.0 Å². The summed E-state index contributed by atoms with van der Waals surface area (Å²) in [6.45, 7) is 32.1. The van der Waals surface area contributed by atoms with Crippen LogP contribution in [-0.4, -0.2) is 109 Å². The molecule has 0 aromatic heterocycles. The molecule has 2 fully saturated rings. The van der Waals surface area contributed by atoms with E-state index in [0.717, 1.165) is 19.3 Å². The van der Waals surface area contributed by atoms with Crippen LogP contribution >= 0.6 is 0 Å². The minimum atomic E-state index is -2.55. The number of benzene rings is 2. The third-order valence-electron chi connectivity index (χ3n) is 14.8. The van der Waals surface area contributed by atoms with E-state index < -0.39 is 58.8 Å². The lowest BCUT2D eigenvalue weighted by atomic mass is 10.0. The number of nitrogens with two attached hydrogens (primary N) is 1. The van der Waals surface area contributed by atoms with Gasteiger partial charge >= 0.3 is 18.2 Å². The lowest BCUT2D eigenvalue weighted by molar-refractivity contribution is -0.128. The van der Waals surface area contributed by atoms with Crippen molar-refractivity contribution in [1.29, 1.82) is 0 Å². The van der Waals surface area contributed by atoms with Crippen molar-refractivity contribution in [2.75, 3.05) is 44.0 Å². The van der Waals surface area contributed by atoms with Gasteiger partial charge in [0.2, 0.25) is 11.8 Å². The van der Waals surface area contributed by atoms with E-state index in [-0.39, 0.29) is 82.4 Å². The zero-order valence-electron chi connectivity index (χ0n) is 45.9. The molecule has 1 aliphatic heterocycles. The maximum Gasteiger partial charge on any atom is 0.411 e. The van der Waals surface area contributed by atoms with E-state index in [0.29, 0.717) is 42.3 Å². The number of urea groups is 1. The van der Waals surface area contributed by atoms with Crippen LogP contribution in [0.4, 0.5) is 25.8 Å². The van der Waals surface area contributed by atoms with Crippen LogP contribution in [0.2, 0.25) is 34.8 Å². The smallest absolute Gasteiger partial charge is 0.411 e. The standard InChI is InChI=1S/C53H85N7O11Si2/c1-16-26-68-51(66)59-45(33(2)3)47(62)57-41(18-17-25-55-49(54)64)46(61)56-38-21-19-37(20-22-38)30-69-50(65)58-42-28-44(71-73(34(4)5,35(6)7)36(8)9)43(67-13)27-40(42)48(63)60-32-53(23-24-53)29-39(60)31-70-72(14,15)52(10,11)12/h16,19-22,27-28,33-36,39,41,45H,1,17-18,23-26,29-32H2,2-15H3,(H,56,61)(H,57,62)(H,58,65)(H,59,66)(H3,54,55,64)/t39-,41-,45-/m0/s1. The lowest BCUT2D eigenvalue weighted by Gasteiger charge is -2.42. The molecule has 18 nitrogen and oxygen atoms in total. The lowest BCUT2D eigenvalue weighted by Crippen LogP contribution is -2.54. The molecule has 406 valence electrons. The highest BCUT2D eigenvalue weighted by molar-refractivity contribution is 6.78. The number of hydrogen-bond donors (Lipinski definition) is 6. The highest BCUT2D eigenvalue weighted by Crippen LogP contribution is 2.56. The van der Waals surface area contributed by atoms with Crippen molar-refractivity contribution in [3.63, 3.8) is 0 Å². The Balaban J connectivity index is 1.57. The van der Waals surface area contributed by atoms with E-state index in [2.05, 4.69) is 109 Å². The van der Waals surface area contributed by atoms with Crippen LogP contribution in [0.15, 0.2) is 49.1 Å². The molecule has 7 N–H and O–H groups in total. The predicted octanol–water partition coefficient (Wildman–Crippen LogP) is 9.82. The number of nitrogens with one attached hydrogen (secondary N) is 5. The van der Waals surface area contributed by atoms with Crippen LogP contribution in [0.1, 0.15) is 124 Å². The predicted molar refractivity (Wildman–Crippen MR) is 290 cm³/mol. The van der Waals surface area contributed by atoms with E-state index in [1.165, 1.54) is 6.08 Å². The molecule has 3 atom stereocenters. The van der Waals surface area contributed by atoms with Gasteiger partial charge in [-0.25, -0.2) is 14.4 Å². The summed E-state index contributed by atoms with van der Waals surface area (Å²) >= 11 is 0. The molecule has 1 spiro atoms. The number of rotatable bonds is 25. The summed E-state index contributed by atoms with van der Waals surface area (Å²) in [4.78, 5) is 81.5. The topological polar surface area (TPSA) is 238 Å². The molecule has 2 aliphatic rings. The van der Waals surface area contributed by atoms with Gasteiger partial charge in [0, 0.05) is 24.8 Å². The molecule has 73 heavy (non-hydrogen) atoms. The van der Waals surface area contributed by atoms with Crippen LogP contribution in [0, 0.1) is 11.3 Å². The van der Waals surface area contributed by atoms with Crippen molar-refractivity contribution in [2.24, 2.45) is 17.1 Å². The van der Waals surface area contributed by atoms with Crippen molar-refractivity contribution in [3.05, 3.63) is 60.2 Å². The van der Waals surface area contributed by atoms with E-state index in [4.69, 9.17) is 28.8 Å². The first kappa shape index (κ1) is 60.0. The van der Waals surface area contributed by atoms with E-state index in [1.54, 1.807) is 57.4 Å². The SMILES string of the molecule is C=CCOC(=O)N[C@H](C(=O)N[C@@H](CCCNC(N)=O)C(=O)Nc1ccc(COC(=O)Nc2cc(O[Si](C(C)C)(C(C)C)C(C)C)c(OC)cc2C(=O)N2CC3(CC3)C[C@H]2CO[Si](C)(C)C(C)(C)C)cc1)C(C)C. The van der Waals surface area contributed by atoms with Crippen LogP contribution < -0.4 is 41.5 Å². The second kappa shape index (κ2) is 25.6. The molecule has 4 rings (SSSR count). The van der Waals surface area contributed by atoms with Gasteiger partial charge in [-0.2, -0.15) is 0 Å². The van der Waals surface area contributed by atoms with Gasteiger partial charge in [0.25, 0.3) is 14.2 Å². The Bertz CT molecular complexity index is 2240. The number of anilines is 2. The number of alkyl carbamates (subject to hydrolysis) is 1. The molecular weight excluding hydrogens is 967 g/mol. The van der Waals surface area contributed by atoms with Crippen molar-refractivity contribution in [1.82, 2.24) is 20.9 Å². The summed E-state index contributed by atoms with van der Waals surface area (Å²) in [5.41, 5.74) is 7.43. The van der Waals surface area contributed by atoms with Crippen LogP contribution in [0.25, 0.3) is 0 Å². The van der Waals surface area contributed by atoms with Crippen LogP contribution in [0.3, 0.4) is 0 Å². The number of carbonyl (C=O) groups excluding carboxylic acids is 6. The highest BCUT2D eigenvalue weighted by Gasteiger charge is 2.54. The van der Waals surface area contributed by atoms with Gasteiger partial charge in [-0.15, -0.1) is 0 Å². The normalized spacial score (nSPS) is 16.2. The van der Waals surface area contributed by atoms with E-state index >= 15 is 0 Å². The summed E-state index contributed by atoms with van der Waals surface area (Å²) in [6, 6.07) is 7.03. The number of nitrogens with zero attached hydrogens (tertiary/aromatic N) is 1. The molecule has 1 aliphatic carbocycles. The van der Waals surface area contributed by atoms with E-state index in [1.807, 2.05) is 4.90 Å². The molecule has 1 saturated heterocycles. The first-order valence-electron chi connectivity index (χ1n) is 25.7. The Morgan fingerprint density at radius 3 is 2.03 bits per heavy atom. The zero-order chi connectivity index (χ0) is 54.6.